The molecular formula is C16H16N2O. The summed E-state index contributed by atoms with van der Waals surface area (Å²) in [6, 6.07) is 17.2. The van der Waals surface area contributed by atoms with Crippen LogP contribution in [0.4, 0.5) is 11.4 Å². The van der Waals surface area contributed by atoms with Crippen LogP contribution in [0, 0.1) is 0 Å². The van der Waals surface area contributed by atoms with E-state index >= 15 is 0 Å². The molecule has 2 aromatic carbocycles. The third kappa shape index (κ3) is 3.45. The summed E-state index contributed by atoms with van der Waals surface area (Å²) in [7, 11) is 0. The predicted octanol–water partition coefficient (Wildman–Crippen LogP) is 3.35. The molecule has 0 bridgehead atoms. The van der Waals surface area contributed by atoms with E-state index in [9.17, 15) is 4.79 Å². The van der Waals surface area contributed by atoms with Gasteiger partial charge in [0.15, 0.2) is 0 Å². The minimum atomic E-state index is -0.112. The van der Waals surface area contributed by atoms with Gasteiger partial charge in [0, 0.05) is 12.2 Å². The number of hydrogen-bond donors (Lipinski definition) is 2. The number of hydrogen-bond acceptors (Lipinski definition) is 2. The summed E-state index contributed by atoms with van der Waals surface area (Å²) >= 11 is 0. The normalized spacial score (nSPS) is 9.68. The topological polar surface area (TPSA) is 41.1 Å². The standard InChI is InChI=1S/C16H16N2O/c1-2-12-17-16(19)14-10-6-7-11-15(14)18-13-8-4-3-5-9-13/h2-11,18H,1,12H2,(H,17,19). The highest BCUT2D eigenvalue weighted by Crippen LogP contribution is 2.20. The van der Waals surface area contributed by atoms with E-state index in [1.807, 2.05) is 48.5 Å². The fourth-order valence-electron chi connectivity index (χ4n) is 1.73. The van der Waals surface area contributed by atoms with Gasteiger partial charge in [-0.25, -0.2) is 0 Å². The second-order valence-corrected chi connectivity index (χ2v) is 4.04. The molecule has 0 unspecified atom stereocenters. The van der Waals surface area contributed by atoms with Gasteiger partial charge in [-0.15, -0.1) is 6.58 Å². The second kappa shape index (κ2) is 6.40. The predicted molar refractivity (Wildman–Crippen MR) is 78.7 cm³/mol. The van der Waals surface area contributed by atoms with Crippen molar-refractivity contribution in [1.29, 1.82) is 0 Å². The van der Waals surface area contributed by atoms with E-state index in [-0.39, 0.29) is 5.91 Å². The number of anilines is 2. The highest BCUT2D eigenvalue weighted by atomic mass is 16.1. The van der Waals surface area contributed by atoms with Crippen molar-refractivity contribution in [2.75, 3.05) is 11.9 Å². The first kappa shape index (κ1) is 12.9. The molecule has 0 saturated carbocycles. The fraction of sp³-hybridized carbons (Fsp3) is 0.0625. The molecule has 0 aliphatic carbocycles. The molecule has 0 aliphatic heterocycles. The molecule has 2 rings (SSSR count). The van der Waals surface area contributed by atoms with E-state index in [1.54, 1.807) is 12.1 Å². The Morgan fingerprint density at radius 3 is 2.47 bits per heavy atom. The van der Waals surface area contributed by atoms with Crippen LogP contribution in [0.1, 0.15) is 10.4 Å². The maximum absolute atomic E-state index is 12.0. The summed E-state index contributed by atoms with van der Waals surface area (Å²) in [5.41, 5.74) is 2.36. The minimum absolute atomic E-state index is 0.112. The van der Waals surface area contributed by atoms with Gasteiger partial charge in [-0.2, -0.15) is 0 Å². The summed E-state index contributed by atoms with van der Waals surface area (Å²) in [4.78, 5) is 12.0. The molecule has 2 aromatic rings. The minimum Gasteiger partial charge on any atom is -0.355 e. The average molecular weight is 252 g/mol. The Balaban J connectivity index is 2.21. The quantitative estimate of drug-likeness (QED) is 0.801. The first-order chi connectivity index (χ1) is 9.31. The van der Waals surface area contributed by atoms with Gasteiger partial charge < -0.3 is 10.6 Å². The number of benzene rings is 2. The van der Waals surface area contributed by atoms with Gasteiger partial charge in [-0.05, 0) is 24.3 Å². The molecule has 19 heavy (non-hydrogen) atoms. The van der Waals surface area contributed by atoms with Crippen LogP contribution in [0.2, 0.25) is 0 Å². The lowest BCUT2D eigenvalue weighted by molar-refractivity contribution is 0.0959. The van der Waals surface area contributed by atoms with E-state index < -0.39 is 0 Å². The molecule has 0 atom stereocenters. The molecule has 1 amide bonds. The van der Waals surface area contributed by atoms with Crippen molar-refractivity contribution in [2.45, 2.75) is 0 Å². The van der Waals surface area contributed by atoms with Crippen LogP contribution in [0.25, 0.3) is 0 Å². The molecule has 3 heteroatoms. The lowest BCUT2D eigenvalue weighted by Crippen LogP contribution is -2.23. The number of para-hydroxylation sites is 2. The zero-order valence-corrected chi connectivity index (χ0v) is 10.6. The third-order valence-electron chi connectivity index (χ3n) is 2.63. The van der Waals surface area contributed by atoms with E-state index in [0.29, 0.717) is 12.1 Å². The van der Waals surface area contributed by atoms with Crippen LogP contribution in [0.15, 0.2) is 67.3 Å². The third-order valence-corrected chi connectivity index (χ3v) is 2.63. The summed E-state index contributed by atoms with van der Waals surface area (Å²) in [5.74, 6) is -0.112. The number of carbonyl (C=O) groups excluding carboxylic acids is 1. The second-order valence-electron chi connectivity index (χ2n) is 4.04. The van der Waals surface area contributed by atoms with Crippen molar-refractivity contribution in [3.63, 3.8) is 0 Å². The zero-order chi connectivity index (χ0) is 13.5. The Hall–Kier alpha value is -2.55. The van der Waals surface area contributed by atoms with E-state index in [1.165, 1.54) is 0 Å². The maximum Gasteiger partial charge on any atom is 0.253 e. The Bertz CT molecular complexity index is 564. The SMILES string of the molecule is C=CCNC(=O)c1ccccc1Nc1ccccc1. The number of amides is 1. The molecule has 0 radical (unpaired) electrons. The molecule has 0 aliphatic rings. The highest BCUT2D eigenvalue weighted by Gasteiger charge is 2.09. The van der Waals surface area contributed by atoms with Gasteiger partial charge in [-0.3, -0.25) is 4.79 Å². The Kier molecular flexibility index (Phi) is 4.34. The number of carbonyl (C=O) groups is 1. The smallest absolute Gasteiger partial charge is 0.253 e. The molecule has 3 nitrogen and oxygen atoms in total. The molecule has 0 fully saturated rings. The largest absolute Gasteiger partial charge is 0.355 e. The van der Waals surface area contributed by atoms with Gasteiger partial charge in [0.25, 0.3) is 5.91 Å². The molecule has 0 saturated heterocycles. The zero-order valence-electron chi connectivity index (χ0n) is 10.6. The molecule has 0 aromatic heterocycles. The van der Waals surface area contributed by atoms with Crippen molar-refractivity contribution < 1.29 is 4.79 Å². The van der Waals surface area contributed by atoms with Crippen LogP contribution >= 0.6 is 0 Å². The van der Waals surface area contributed by atoms with E-state index in [0.717, 1.165) is 11.4 Å². The van der Waals surface area contributed by atoms with Crippen LogP contribution in [-0.4, -0.2) is 12.5 Å². The Labute approximate surface area is 113 Å². The van der Waals surface area contributed by atoms with Crippen LogP contribution in [0.3, 0.4) is 0 Å². The molecule has 2 N–H and O–H groups in total. The number of rotatable bonds is 5. The summed E-state index contributed by atoms with van der Waals surface area (Å²) in [6.07, 6.45) is 1.66. The Morgan fingerprint density at radius 1 is 1.05 bits per heavy atom. The van der Waals surface area contributed by atoms with Crippen LogP contribution in [-0.2, 0) is 0 Å². The first-order valence-corrected chi connectivity index (χ1v) is 6.11. The summed E-state index contributed by atoms with van der Waals surface area (Å²) in [6.45, 7) is 4.04. The van der Waals surface area contributed by atoms with Gasteiger partial charge in [-0.1, -0.05) is 36.4 Å². The van der Waals surface area contributed by atoms with Gasteiger partial charge in [0.05, 0.1) is 11.3 Å². The van der Waals surface area contributed by atoms with Crippen molar-refractivity contribution >= 4 is 17.3 Å². The van der Waals surface area contributed by atoms with Gasteiger partial charge in [0.1, 0.15) is 0 Å². The molecule has 0 heterocycles. The molecule has 0 spiro atoms. The first-order valence-electron chi connectivity index (χ1n) is 6.11. The van der Waals surface area contributed by atoms with Gasteiger partial charge >= 0.3 is 0 Å². The monoisotopic (exact) mass is 252 g/mol. The van der Waals surface area contributed by atoms with Gasteiger partial charge in [0.2, 0.25) is 0 Å². The lowest BCUT2D eigenvalue weighted by Gasteiger charge is -2.11. The number of nitrogens with one attached hydrogen (secondary N) is 2. The van der Waals surface area contributed by atoms with Crippen LogP contribution in [0.5, 0.6) is 0 Å². The fourth-order valence-corrected chi connectivity index (χ4v) is 1.73. The van der Waals surface area contributed by atoms with Crippen molar-refractivity contribution in [2.24, 2.45) is 0 Å². The maximum atomic E-state index is 12.0. The lowest BCUT2D eigenvalue weighted by atomic mass is 10.1. The summed E-state index contributed by atoms with van der Waals surface area (Å²) < 4.78 is 0. The van der Waals surface area contributed by atoms with E-state index in [2.05, 4.69) is 17.2 Å². The molecule has 96 valence electrons. The molecular weight excluding hydrogens is 236 g/mol. The summed E-state index contributed by atoms with van der Waals surface area (Å²) in [5, 5.41) is 6.02. The highest BCUT2D eigenvalue weighted by molar-refractivity contribution is 6.00. The van der Waals surface area contributed by atoms with Crippen molar-refractivity contribution in [1.82, 2.24) is 5.32 Å². The average Bonchev–Trinajstić information content (AvgIpc) is 2.46. The van der Waals surface area contributed by atoms with Crippen LogP contribution < -0.4 is 10.6 Å². The van der Waals surface area contributed by atoms with Crippen molar-refractivity contribution in [3.05, 3.63) is 72.8 Å². The van der Waals surface area contributed by atoms with Crippen molar-refractivity contribution in [3.8, 4) is 0 Å². The Morgan fingerprint density at radius 2 is 1.74 bits per heavy atom. The van der Waals surface area contributed by atoms with E-state index in [4.69, 9.17) is 0 Å².